The van der Waals surface area contributed by atoms with Crippen molar-refractivity contribution >= 4 is 29.6 Å². The van der Waals surface area contributed by atoms with Gasteiger partial charge in [-0.1, -0.05) is 18.2 Å². The van der Waals surface area contributed by atoms with Gasteiger partial charge in [-0.2, -0.15) is 0 Å². The molecule has 3 aromatic rings. The first kappa shape index (κ1) is 20.6. The Kier molecular flexibility index (Phi) is 5.54. The lowest BCUT2D eigenvalue weighted by atomic mass is 10.2. The van der Waals surface area contributed by atoms with E-state index in [0.717, 1.165) is 6.07 Å². The Balaban J connectivity index is 1.48. The number of benzene rings is 3. The molecule has 0 aromatic heterocycles. The first-order chi connectivity index (χ1) is 15.4. The topological polar surface area (TPSA) is 108 Å². The Labute approximate surface area is 180 Å². The number of ether oxygens (including phenoxy) is 2. The van der Waals surface area contributed by atoms with Crippen LogP contribution in [-0.2, 0) is 9.53 Å². The molecular formula is C23H13FN2O6. The van der Waals surface area contributed by atoms with Crippen LogP contribution in [0.3, 0.4) is 0 Å². The van der Waals surface area contributed by atoms with Crippen LogP contribution in [0, 0.1) is 15.9 Å². The molecular weight excluding hydrogens is 419 g/mol. The van der Waals surface area contributed by atoms with E-state index < -0.39 is 22.7 Å². The molecule has 0 amide bonds. The van der Waals surface area contributed by atoms with Gasteiger partial charge < -0.3 is 9.47 Å². The normalized spacial score (nSPS) is 14.1. The molecule has 0 saturated carbocycles. The third kappa shape index (κ3) is 4.57. The molecule has 1 aliphatic rings. The van der Waals surface area contributed by atoms with Crippen LogP contribution < -0.4 is 4.74 Å². The Morgan fingerprint density at radius 2 is 1.78 bits per heavy atom. The molecule has 1 heterocycles. The number of aliphatic imine (C=N–C) groups is 1. The molecule has 0 radical (unpaired) electrons. The van der Waals surface area contributed by atoms with E-state index in [0.29, 0.717) is 11.1 Å². The summed E-state index contributed by atoms with van der Waals surface area (Å²) in [7, 11) is 0. The number of cyclic esters (lactones) is 1. The van der Waals surface area contributed by atoms with Gasteiger partial charge in [0.05, 0.1) is 10.5 Å². The number of non-ortho nitro benzene ring substituents is 1. The van der Waals surface area contributed by atoms with Crippen molar-refractivity contribution in [2.45, 2.75) is 0 Å². The molecule has 0 fully saturated rings. The van der Waals surface area contributed by atoms with Gasteiger partial charge in [-0.25, -0.2) is 19.0 Å². The van der Waals surface area contributed by atoms with E-state index in [4.69, 9.17) is 9.47 Å². The van der Waals surface area contributed by atoms with Crippen LogP contribution in [0.2, 0.25) is 0 Å². The second kappa shape index (κ2) is 8.60. The molecule has 0 unspecified atom stereocenters. The van der Waals surface area contributed by atoms with E-state index in [-0.39, 0.29) is 28.6 Å². The lowest BCUT2D eigenvalue weighted by molar-refractivity contribution is -0.384. The lowest BCUT2D eigenvalue weighted by Crippen LogP contribution is -2.08. The quantitative estimate of drug-likeness (QED) is 0.196. The molecule has 0 saturated heterocycles. The Bertz CT molecular complexity index is 1280. The van der Waals surface area contributed by atoms with Crippen LogP contribution in [0.15, 0.2) is 83.5 Å². The summed E-state index contributed by atoms with van der Waals surface area (Å²) in [6.45, 7) is 0. The first-order valence-electron chi connectivity index (χ1n) is 9.24. The fourth-order valence-electron chi connectivity index (χ4n) is 2.83. The monoisotopic (exact) mass is 432 g/mol. The molecule has 0 atom stereocenters. The van der Waals surface area contributed by atoms with Gasteiger partial charge in [0.1, 0.15) is 11.6 Å². The fraction of sp³-hybridized carbons (Fsp3) is 0. The van der Waals surface area contributed by atoms with Crippen LogP contribution in [0.1, 0.15) is 21.5 Å². The zero-order chi connectivity index (χ0) is 22.7. The Hall–Kier alpha value is -4.66. The highest BCUT2D eigenvalue weighted by molar-refractivity contribution is 6.12. The maximum Gasteiger partial charge on any atom is 0.363 e. The average Bonchev–Trinajstić information content (AvgIpc) is 3.15. The number of nitro benzene ring substituents is 1. The molecule has 0 aliphatic carbocycles. The number of esters is 2. The van der Waals surface area contributed by atoms with Gasteiger partial charge in [0.2, 0.25) is 5.90 Å². The number of hydrogen-bond acceptors (Lipinski definition) is 7. The molecule has 32 heavy (non-hydrogen) atoms. The zero-order valence-electron chi connectivity index (χ0n) is 16.2. The smallest absolute Gasteiger partial charge is 0.363 e. The standard InChI is InChI=1S/C23H13FN2O6/c24-17-8-6-15(7-9-17)21-25-20(23(28)32-21)12-14-4-10-19(11-5-14)31-22(27)16-2-1-3-18(13-16)26(29)30/h1-13H/b20-12-. The highest BCUT2D eigenvalue weighted by Gasteiger charge is 2.24. The summed E-state index contributed by atoms with van der Waals surface area (Å²) < 4.78 is 23.4. The average molecular weight is 432 g/mol. The second-order valence-corrected chi connectivity index (χ2v) is 6.61. The van der Waals surface area contributed by atoms with Crippen molar-refractivity contribution in [3.05, 3.63) is 111 Å². The number of nitro groups is 1. The molecule has 0 N–H and O–H groups in total. The largest absolute Gasteiger partial charge is 0.423 e. The summed E-state index contributed by atoms with van der Waals surface area (Å²) in [5.41, 5.74) is 0.945. The van der Waals surface area contributed by atoms with Crippen LogP contribution in [0.25, 0.3) is 6.08 Å². The Morgan fingerprint density at radius 3 is 2.47 bits per heavy atom. The minimum Gasteiger partial charge on any atom is -0.423 e. The van der Waals surface area contributed by atoms with E-state index in [9.17, 15) is 24.1 Å². The fourth-order valence-corrected chi connectivity index (χ4v) is 2.83. The molecule has 8 nitrogen and oxygen atoms in total. The van der Waals surface area contributed by atoms with Gasteiger partial charge >= 0.3 is 11.9 Å². The number of rotatable bonds is 5. The first-order valence-corrected chi connectivity index (χ1v) is 9.24. The maximum atomic E-state index is 13.1. The van der Waals surface area contributed by atoms with Crippen molar-refractivity contribution in [3.8, 4) is 5.75 Å². The minimum absolute atomic E-state index is 0.0433. The van der Waals surface area contributed by atoms with E-state index in [2.05, 4.69) is 4.99 Å². The summed E-state index contributed by atoms with van der Waals surface area (Å²) in [6, 6.07) is 16.8. The van der Waals surface area contributed by atoms with Gasteiger partial charge in [-0.05, 0) is 54.1 Å². The van der Waals surface area contributed by atoms with Gasteiger partial charge in [0, 0.05) is 17.7 Å². The van der Waals surface area contributed by atoms with Crippen molar-refractivity contribution in [2.24, 2.45) is 4.99 Å². The van der Waals surface area contributed by atoms with E-state index in [1.165, 1.54) is 60.7 Å². The van der Waals surface area contributed by atoms with Gasteiger partial charge in [0.25, 0.3) is 5.69 Å². The molecule has 0 spiro atoms. The molecule has 158 valence electrons. The molecule has 9 heteroatoms. The summed E-state index contributed by atoms with van der Waals surface area (Å²) >= 11 is 0. The van der Waals surface area contributed by atoms with Crippen molar-refractivity contribution in [1.29, 1.82) is 0 Å². The Morgan fingerprint density at radius 1 is 1.06 bits per heavy atom. The third-order valence-electron chi connectivity index (χ3n) is 4.40. The van der Waals surface area contributed by atoms with Crippen LogP contribution >= 0.6 is 0 Å². The van der Waals surface area contributed by atoms with Crippen LogP contribution in [-0.4, -0.2) is 22.8 Å². The predicted octanol–water partition coefficient (Wildman–Crippen LogP) is 4.30. The predicted molar refractivity (Wildman–Crippen MR) is 112 cm³/mol. The zero-order valence-corrected chi connectivity index (χ0v) is 16.2. The highest BCUT2D eigenvalue weighted by Crippen LogP contribution is 2.22. The second-order valence-electron chi connectivity index (χ2n) is 6.61. The summed E-state index contributed by atoms with van der Waals surface area (Å²) in [5.74, 6) is -1.52. The third-order valence-corrected chi connectivity index (χ3v) is 4.40. The van der Waals surface area contributed by atoms with Gasteiger partial charge in [-0.15, -0.1) is 0 Å². The molecule has 3 aromatic carbocycles. The summed E-state index contributed by atoms with van der Waals surface area (Å²) in [6.07, 6.45) is 1.49. The number of carbonyl (C=O) groups is 2. The van der Waals surface area contributed by atoms with Gasteiger partial charge in [-0.3, -0.25) is 10.1 Å². The molecule has 0 bridgehead atoms. The van der Waals surface area contributed by atoms with E-state index in [1.54, 1.807) is 12.1 Å². The van der Waals surface area contributed by atoms with E-state index in [1.807, 2.05) is 0 Å². The minimum atomic E-state index is -0.743. The number of hydrogen-bond donors (Lipinski definition) is 0. The summed E-state index contributed by atoms with van der Waals surface area (Å²) in [5, 5.41) is 10.8. The van der Waals surface area contributed by atoms with Crippen molar-refractivity contribution in [3.63, 3.8) is 0 Å². The van der Waals surface area contributed by atoms with Crippen molar-refractivity contribution in [1.82, 2.24) is 0 Å². The van der Waals surface area contributed by atoms with E-state index >= 15 is 0 Å². The summed E-state index contributed by atoms with van der Waals surface area (Å²) in [4.78, 5) is 38.7. The van der Waals surface area contributed by atoms with Crippen LogP contribution in [0.5, 0.6) is 5.75 Å². The highest BCUT2D eigenvalue weighted by atomic mass is 19.1. The number of nitrogens with zero attached hydrogens (tertiary/aromatic N) is 2. The SMILES string of the molecule is O=C1OC(c2ccc(F)cc2)=N/C1=C\c1ccc(OC(=O)c2cccc([N+](=O)[O-])c2)cc1. The van der Waals surface area contributed by atoms with Crippen molar-refractivity contribution < 1.29 is 28.4 Å². The molecule has 1 aliphatic heterocycles. The van der Waals surface area contributed by atoms with Crippen LogP contribution in [0.4, 0.5) is 10.1 Å². The van der Waals surface area contributed by atoms with Gasteiger partial charge in [0.15, 0.2) is 5.70 Å². The number of halogens is 1. The maximum absolute atomic E-state index is 13.1. The number of carbonyl (C=O) groups excluding carboxylic acids is 2. The lowest BCUT2D eigenvalue weighted by Gasteiger charge is -2.04. The van der Waals surface area contributed by atoms with Crippen molar-refractivity contribution in [2.75, 3.05) is 0 Å². The molecule has 4 rings (SSSR count).